The molecule has 7 nitrogen and oxygen atoms in total. The highest BCUT2D eigenvalue weighted by Gasteiger charge is 2.35. The first-order chi connectivity index (χ1) is 21.1. The van der Waals surface area contributed by atoms with Gasteiger partial charge in [0.15, 0.2) is 0 Å². The SMILES string of the molecule is CC[C@H](C)NC(=O)[C@@H](Cc1ccccc1)N(Cc1ccccc1)C(=O)CN(c1cccc(C)c1C)S(=O)(=O)c1ccccc1. The maximum atomic E-state index is 14.5. The highest BCUT2D eigenvalue weighted by Crippen LogP contribution is 2.29. The summed E-state index contributed by atoms with van der Waals surface area (Å²) in [5, 5.41) is 3.06. The number of rotatable bonds is 13. The smallest absolute Gasteiger partial charge is 0.264 e. The first kappa shape index (κ1) is 32.5. The molecule has 0 aliphatic heterocycles. The van der Waals surface area contributed by atoms with E-state index in [4.69, 9.17) is 0 Å². The Hall–Kier alpha value is -4.43. The second kappa shape index (κ2) is 14.8. The number of anilines is 1. The van der Waals surface area contributed by atoms with Crippen LogP contribution in [0.1, 0.15) is 42.5 Å². The van der Waals surface area contributed by atoms with Crippen molar-refractivity contribution in [3.63, 3.8) is 0 Å². The molecule has 0 aliphatic rings. The lowest BCUT2D eigenvalue weighted by atomic mass is 10.0. The van der Waals surface area contributed by atoms with Crippen molar-refractivity contribution in [3.8, 4) is 0 Å². The Balaban J connectivity index is 1.82. The van der Waals surface area contributed by atoms with Gasteiger partial charge in [0.05, 0.1) is 10.6 Å². The Bertz CT molecular complexity index is 1650. The van der Waals surface area contributed by atoms with Gasteiger partial charge in [-0.3, -0.25) is 13.9 Å². The van der Waals surface area contributed by atoms with E-state index in [-0.39, 0.29) is 29.8 Å². The first-order valence-corrected chi connectivity index (χ1v) is 16.4. The summed E-state index contributed by atoms with van der Waals surface area (Å²) in [6, 6.07) is 31.6. The minimum absolute atomic E-state index is 0.0821. The van der Waals surface area contributed by atoms with Crippen molar-refractivity contribution in [1.82, 2.24) is 10.2 Å². The summed E-state index contributed by atoms with van der Waals surface area (Å²) in [5.74, 6) is -0.758. The minimum Gasteiger partial charge on any atom is -0.352 e. The monoisotopic (exact) mass is 611 g/mol. The summed E-state index contributed by atoms with van der Waals surface area (Å²) in [4.78, 5) is 30.0. The number of carbonyl (C=O) groups excluding carboxylic acids is 2. The highest BCUT2D eigenvalue weighted by molar-refractivity contribution is 7.92. The van der Waals surface area contributed by atoms with Gasteiger partial charge in [0, 0.05) is 19.0 Å². The molecule has 0 spiro atoms. The number of nitrogens with zero attached hydrogens (tertiary/aromatic N) is 2. The molecular weight excluding hydrogens is 570 g/mol. The van der Waals surface area contributed by atoms with Crippen molar-refractivity contribution in [1.29, 1.82) is 0 Å². The molecule has 2 amide bonds. The zero-order chi connectivity index (χ0) is 31.7. The molecule has 0 heterocycles. The third-order valence-corrected chi connectivity index (χ3v) is 9.70. The summed E-state index contributed by atoms with van der Waals surface area (Å²) in [6.07, 6.45) is 1.00. The largest absolute Gasteiger partial charge is 0.352 e. The number of hydrogen-bond acceptors (Lipinski definition) is 4. The van der Waals surface area contributed by atoms with E-state index in [1.807, 2.05) is 94.4 Å². The van der Waals surface area contributed by atoms with Crippen molar-refractivity contribution in [2.45, 2.75) is 64.1 Å². The molecule has 0 aliphatic carbocycles. The average Bonchev–Trinajstić information content (AvgIpc) is 3.04. The number of sulfonamides is 1. The molecule has 44 heavy (non-hydrogen) atoms. The molecule has 230 valence electrons. The number of amides is 2. The summed E-state index contributed by atoms with van der Waals surface area (Å²) >= 11 is 0. The van der Waals surface area contributed by atoms with E-state index in [0.29, 0.717) is 5.69 Å². The van der Waals surface area contributed by atoms with Gasteiger partial charge in [0.2, 0.25) is 11.8 Å². The molecule has 0 fully saturated rings. The van der Waals surface area contributed by atoms with E-state index in [0.717, 1.165) is 28.7 Å². The third-order valence-electron chi connectivity index (χ3n) is 7.92. The van der Waals surface area contributed by atoms with Gasteiger partial charge in [-0.2, -0.15) is 0 Å². The lowest BCUT2D eigenvalue weighted by Gasteiger charge is -2.34. The fourth-order valence-electron chi connectivity index (χ4n) is 5.01. The number of carbonyl (C=O) groups is 2. The van der Waals surface area contributed by atoms with Crippen LogP contribution in [0.5, 0.6) is 0 Å². The van der Waals surface area contributed by atoms with Crippen LogP contribution < -0.4 is 9.62 Å². The van der Waals surface area contributed by atoms with E-state index in [9.17, 15) is 18.0 Å². The normalized spacial score (nSPS) is 12.6. The maximum absolute atomic E-state index is 14.5. The molecule has 8 heteroatoms. The van der Waals surface area contributed by atoms with Gasteiger partial charge in [-0.25, -0.2) is 8.42 Å². The predicted molar refractivity (Wildman–Crippen MR) is 176 cm³/mol. The van der Waals surface area contributed by atoms with Crippen LogP contribution in [0.3, 0.4) is 0 Å². The van der Waals surface area contributed by atoms with E-state index in [1.165, 1.54) is 21.3 Å². The molecule has 2 atom stereocenters. The van der Waals surface area contributed by atoms with Gasteiger partial charge in [-0.15, -0.1) is 0 Å². The zero-order valence-electron chi connectivity index (χ0n) is 25.8. The van der Waals surface area contributed by atoms with Gasteiger partial charge in [0.25, 0.3) is 10.0 Å². The molecule has 0 unspecified atom stereocenters. The van der Waals surface area contributed by atoms with Crippen LogP contribution in [0.15, 0.2) is 114 Å². The Morgan fingerprint density at radius 3 is 1.93 bits per heavy atom. The Labute approximate surface area is 261 Å². The van der Waals surface area contributed by atoms with Crippen LogP contribution in [0.4, 0.5) is 5.69 Å². The first-order valence-electron chi connectivity index (χ1n) is 14.9. The molecule has 4 rings (SSSR count). The van der Waals surface area contributed by atoms with Gasteiger partial charge in [-0.1, -0.05) is 97.9 Å². The molecule has 0 saturated heterocycles. The molecule has 0 saturated carbocycles. The maximum Gasteiger partial charge on any atom is 0.264 e. The number of nitrogens with one attached hydrogen (secondary N) is 1. The van der Waals surface area contributed by atoms with E-state index < -0.39 is 28.5 Å². The number of benzene rings is 4. The Kier molecular flexibility index (Phi) is 11.0. The van der Waals surface area contributed by atoms with Gasteiger partial charge in [-0.05, 0) is 67.6 Å². The standard InChI is InChI=1S/C36H41N3O4S/c1-5-28(3)37-36(41)34(24-30-17-9-6-10-18-30)38(25-31-19-11-7-12-20-31)35(40)26-39(33-23-15-16-27(2)29(33)4)44(42,43)32-21-13-8-14-22-32/h6-23,28,34H,5,24-26H2,1-4H3,(H,37,41)/t28-,34+/m0/s1. The molecule has 4 aromatic rings. The number of aryl methyl sites for hydroxylation is 1. The van der Waals surface area contributed by atoms with Crippen LogP contribution in [0, 0.1) is 13.8 Å². The third kappa shape index (κ3) is 7.94. The average molecular weight is 612 g/mol. The zero-order valence-corrected chi connectivity index (χ0v) is 26.6. The topological polar surface area (TPSA) is 86.8 Å². The van der Waals surface area contributed by atoms with Crippen molar-refractivity contribution < 1.29 is 18.0 Å². The fourth-order valence-corrected chi connectivity index (χ4v) is 6.51. The van der Waals surface area contributed by atoms with Crippen molar-refractivity contribution >= 4 is 27.5 Å². The lowest BCUT2D eigenvalue weighted by Crippen LogP contribution is -2.54. The molecule has 0 bridgehead atoms. The van der Waals surface area contributed by atoms with E-state index in [1.54, 1.807) is 30.3 Å². The quantitative estimate of drug-likeness (QED) is 0.199. The van der Waals surface area contributed by atoms with Crippen LogP contribution in [-0.4, -0.2) is 43.8 Å². The predicted octanol–water partition coefficient (Wildman–Crippen LogP) is 6.05. The van der Waals surface area contributed by atoms with Crippen LogP contribution in [0.2, 0.25) is 0 Å². The van der Waals surface area contributed by atoms with Gasteiger partial charge < -0.3 is 10.2 Å². The van der Waals surface area contributed by atoms with Gasteiger partial charge >= 0.3 is 0 Å². The van der Waals surface area contributed by atoms with Crippen molar-refractivity contribution in [3.05, 3.63) is 131 Å². The molecule has 0 radical (unpaired) electrons. The lowest BCUT2D eigenvalue weighted by molar-refractivity contribution is -0.140. The van der Waals surface area contributed by atoms with E-state index >= 15 is 0 Å². The summed E-state index contributed by atoms with van der Waals surface area (Å²) in [6.45, 7) is 7.33. The molecule has 0 aromatic heterocycles. The second-order valence-electron chi connectivity index (χ2n) is 11.1. The van der Waals surface area contributed by atoms with Crippen molar-refractivity contribution in [2.24, 2.45) is 0 Å². The Morgan fingerprint density at radius 1 is 0.773 bits per heavy atom. The number of hydrogen-bond donors (Lipinski definition) is 1. The summed E-state index contributed by atoms with van der Waals surface area (Å²) in [5.41, 5.74) is 3.81. The van der Waals surface area contributed by atoms with E-state index in [2.05, 4.69) is 5.32 Å². The second-order valence-corrected chi connectivity index (χ2v) is 12.9. The molecule has 4 aromatic carbocycles. The van der Waals surface area contributed by atoms with Crippen molar-refractivity contribution in [2.75, 3.05) is 10.8 Å². The molecular formula is C36H41N3O4S. The summed E-state index contributed by atoms with van der Waals surface area (Å²) in [7, 11) is -4.14. The van der Waals surface area contributed by atoms with Crippen LogP contribution in [-0.2, 0) is 32.6 Å². The van der Waals surface area contributed by atoms with Crippen LogP contribution in [0.25, 0.3) is 0 Å². The fraction of sp³-hybridized carbons (Fsp3) is 0.278. The highest BCUT2D eigenvalue weighted by atomic mass is 32.2. The van der Waals surface area contributed by atoms with Crippen LogP contribution >= 0.6 is 0 Å². The van der Waals surface area contributed by atoms with Gasteiger partial charge in [0.1, 0.15) is 12.6 Å². The minimum atomic E-state index is -4.14. The Morgan fingerprint density at radius 2 is 1.34 bits per heavy atom. The summed E-state index contributed by atoms with van der Waals surface area (Å²) < 4.78 is 29.5. The molecule has 1 N–H and O–H groups in total.